The van der Waals surface area contributed by atoms with E-state index < -0.39 is 0 Å². The van der Waals surface area contributed by atoms with Crippen LogP contribution in [0.4, 0.5) is 10.2 Å². The van der Waals surface area contributed by atoms with Gasteiger partial charge in [-0.05, 0) is 86.4 Å². The largest absolute Gasteiger partial charge is 0.462 e. The van der Waals surface area contributed by atoms with E-state index >= 15 is 4.39 Å². The van der Waals surface area contributed by atoms with E-state index in [2.05, 4.69) is 34.4 Å². The molecular formula is C34H37FN6O2. The van der Waals surface area contributed by atoms with Crippen LogP contribution in [-0.4, -0.2) is 84.1 Å². The van der Waals surface area contributed by atoms with E-state index in [-0.39, 0.29) is 41.9 Å². The number of likely N-dealkylation sites (N-methyl/N-ethyl adjacent to an activating group) is 1. The van der Waals surface area contributed by atoms with Crippen LogP contribution in [0.2, 0.25) is 0 Å². The maximum absolute atomic E-state index is 16.7. The third kappa shape index (κ3) is 5.02. The molecule has 3 fully saturated rings. The minimum absolute atomic E-state index is 0.153. The fourth-order valence-electron chi connectivity index (χ4n) is 7.35. The molecule has 4 aliphatic rings. The molecule has 43 heavy (non-hydrogen) atoms. The quantitative estimate of drug-likeness (QED) is 0.292. The minimum atomic E-state index is -0.368. The third-order valence-corrected chi connectivity index (χ3v) is 10.0. The molecule has 0 unspecified atom stereocenters. The second kappa shape index (κ2) is 10.9. The van der Waals surface area contributed by atoms with Crippen molar-refractivity contribution in [2.45, 2.75) is 50.6 Å². The summed E-state index contributed by atoms with van der Waals surface area (Å²) in [7, 11) is 2.09. The number of benzene rings is 2. The molecule has 2 aromatic carbocycles. The van der Waals surface area contributed by atoms with E-state index in [1.165, 1.54) is 30.0 Å². The van der Waals surface area contributed by atoms with Gasteiger partial charge in [-0.2, -0.15) is 9.97 Å². The first-order valence-corrected chi connectivity index (χ1v) is 15.4. The molecule has 2 aliphatic heterocycles. The average molecular weight is 581 g/mol. The molecule has 2 saturated heterocycles. The number of carbonyl (C=O) groups excluding carboxylic acids is 1. The van der Waals surface area contributed by atoms with Gasteiger partial charge in [0.1, 0.15) is 24.0 Å². The topological polar surface area (TPSA) is 66.2 Å². The number of amides is 1. The van der Waals surface area contributed by atoms with Crippen LogP contribution in [0.1, 0.15) is 36.8 Å². The van der Waals surface area contributed by atoms with Gasteiger partial charge < -0.3 is 24.3 Å². The average Bonchev–Trinajstić information content (AvgIpc) is 3.46. The van der Waals surface area contributed by atoms with Gasteiger partial charge in [-0.15, -0.1) is 0 Å². The molecule has 0 N–H and O–H groups in total. The summed E-state index contributed by atoms with van der Waals surface area (Å²) < 4.78 is 22.9. The van der Waals surface area contributed by atoms with Crippen LogP contribution >= 0.6 is 0 Å². The van der Waals surface area contributed by atoms with Crippen molar-refractivity contribution < 1.29 is 13.9 Å². The van der Waals surface area contributed by atoms with E-state index in [4.69, 9.17) is 16.3 Å². The Morgan fingerprint density at radius 3 is 2.77 bits per heavy atom. The summed E-state index contributed by atoms with van der Waals surface area (Å²) in [6, 6.07) is 10.1. The van der Waals surface area contributed by atoms with Gasteiger partial charge in [0.2, 0.25) is 12.5 Å². The Kier molecular flexibility index (Phi) is 7.05. The number of carbonyl (C=O) groups is 1. The van der Waals surface area contributed by atoms with Crippen LogP contribution in [0.5, 0.6) is 6.01 Å². The summed E-state index contributed by atoms with van der Waals surface area (Å²) in [5, 5.41) is 0.600. The highest BCUT2D eigenvalue weighted by molar-refractivity contribution is 5.94. The maximum Gasteiger partial charge on any atom is 0.319 e. The molecule has 222 valence electrons. The number of likely N-dealkylation sites (tertiary alicyclic amines) is 1. The molecular weight excluding hydrogens is 543 g/mol. The lowest BCUT2D eigenvalue weighted by molar-refractivity contribution is -0.128. The maximum atomic E-state index is 16.7. The summed E-state index contributed by atoms with van der Waals surface area (Å²) in [6.45, 7) is 14.0. The molecule has 7 rings (SSSR count). The molecule has 1 amide bonds. The van der Waals surface area contributed by atoms with Gasteiger partial charge in [-0.1, -0.05) is 30.8 Å². The summed E-state index contributed by atoms with van der Waals surface area (Å²) >= 11 is 0. The summed E-state index contributed by atoms with van der Waals surface area (Å²) in [4.78, 5) is 31.6. The highest BCUT2D eigenvalue weighted by Gasteiger charge is 2.47. The molecule has 2 aliphatic carbocycles. The fraction of sp³-hybridized carbons (Fsp3) is 0.471. The van der Waals surface area contributed by atoms with Crippen LogP contribution < -0.4 is 9.64 Å². The molecule has 9 heteroatoms. The highest BCUT2D eigenvalue weighted by Crippen LogP contribution is 2.57. The zero-order valence-electron chi connectivity index (χ0n) is 24.7. The van der Waals surface area contributed by atoms with Crippen LogP contribution in [-0.2, 0) is 17.6 Å². The van der Waals surface area contributed by atoms with Crippen molar-refractivity contribution >= 4 is 22.6 Å². The number of piperazine rings is 1. The van der Waals surface area contributed by atoms with Gasteiger partial charge in [-0.3, -0.25) is 4.79 Å². The molecule has 8 nitrogen and oxygen atoms in total. The molecule has 0 bridgehead atoms. The van der Waals surface area contributed by atoms with E-state index in [1.54, 1.807) is 4.90 Å². The second-order valence-electron chi connectivity index (χ2n) is 12.7. The number of rotatable bonds is 7. The van der Waals surface area contributed by atoms with Crippen molar-refractivity contribution in [3.05, 3.63) is 71.3 Å². The van der Waals surface area contributed by atoms with Gasteiger partial charge in [0.05, 0.1) is 0 Å². The number of hydrogen-bond acceptors (Lipinski definition) is 6. The van der Waals surface area contributed by atoms with Crippen molar-refractivity contribution in [2.75, 3.05) is 51.3 Å². The number of fused-ring (bicyclic) bond motifs is 2. The van der Waals surface area contributed by atoms with Crippen LogP contribution in [0.3, 0.4) is 0 Å². The van der Waals surface area contributed by atoms with Crippen LogP contribution in [0.25, 0.3) is 26.9 Å². The zero-order valence-corrected chi connectivity index (χ0v) is 24.7. The molecule has 2 atom stereocenters. The predicted octanol–water partition coefficient (Wildman–Crippen LogP) is 4.91. The van der Waals surface area contributed by atoms with Crippen molar-refractivity contribution in [3.8, 4) is 17.1 Å². The lowest BCUT2D eigenvalue weighted by atomic mass is 9.95. The first-order chi connectivity index (χ1) is 20.9. The zero-order chi connectivity index (χ0) is 29.7. The SMILES string of the molecule is [C-]#[N+]C[C@H]1CN(c2nc(OC[C@@H]3CCCN3C)nc3c(F)c(-c4cccc5c4CC4(CC4)C5)ccc23)CCN1C(=O)C=C. The molecule has 3 aromatic rings. The van der Waals surface area contributed by atoms with E-state index in [0.29, 0.717) is 48.4 Å². The van der Waals surface area contributed by atoms with Gasteiger partial charge in [0, 0.05) is 36.6 Å². The van der Waals surface area contributed by atoms with E-state index in [1.807, 2.05) is 29.2 Å². The number of aromatic nitrogens is 2. The molecule has 3 heterocycles. The lowest BCUT2D eigenvalue weighted by Crippen LogP contribution is -2.56. The highest BCUT2D eigenvalue weighted by atomic mass is 19.1. The Labute approximate surface area is 252 Å². The standard InChI is InChI=1S/C34H37FN6O2/c1-4-29(42)41-16-15-40(20-24(41)19-36-2)32-27-11-10-26(25-9-5-7-22-17-34(12-13-34)18-28(22)25)30(35)31(27)37-33(38-32)43-21-23-8-6-14-39(23)3/h4-5,7,9-11,23-24H,1,6,8,12-21H2,3H3/t23-,24-/m0/s1. The van der Waals surface area contributed by atoms with E-state index in [9.17, 15) is 4.79 Å². The van der Waals surface area contributed by atoms with Crippen molar-refractivity contribution in [3.63, 3.8) is 0 Å². The minimum Gasteiger partial charge on any atom is -0.462 e. The van der Waals surface area contributed by atoms with Gasteiger partial charge in [0.25, 0.3) is 0 Å². The fourth-order valence-corrected chi connectivity index (χ4v) is 7.35. The van der Waals surface area contributed by atoms with Gasteiger partial charge in [-0.25, -0.2) is 11.0 Å². The summed E-state index contributed by atoms with van der Waals surface area (Å²) in [6.07, 6.45) is 8.02. The Hall–Kier alpha value is -4.03. The Morgan fingerprint density at radius 2 is 2.02 bits per heavy atom. The number of ether oxygens (including phenoxy) is 1. The Morgan fingerprint density at radius 1 is 1.16 bits per heavy atom. The summed E-state index contributed by atoms with van der Waals surface area (Å²) in [5.41, 5.74) is 4.72. The molecule has 0 radical (unpaired) electrons. The first-order valence-electron chi connectivity index (χ1n) is 15.4. The van der Waals surface area contributed by atoms with E-state index in [0.717, 1.165) is 37.8 Å². The Bertz CT molecular complexity index is 1650. The second-order valence-corrected chi connectivity index (χ2v) is 12.7. The van der Waals surface area contributed by atoms with Crippen LogP contribution in [0.15, 0.2) is 43.0 Å². The van der Waals surface area contributed by atoms with Crippen molar-refractivity contribution in [2.24, 2.45) is 5.41 Å². The number of nitrogens with zero attached hydrogens (tertiary/aromatic N) is 6. The Balaban J connectivity index is 1.29. The lowest BCUT2D eigenvalue weighted by Gasteiger charge is -2.39. The first kappa shape index (κ1) is 27.8. The number of anilines is 1. The number of hydrogen-bond donors (Lipinski definition) is 0. The molecule has 1 saturated carbocycles. The molecule has 1 spiro atoms. The summed E-state index contributed by atoms with van der Waals surface area (Å²) in [5.74, 6) is 0.0121. The predicted molar refractivity (Wildman–Crippen MR) is 165 cm³/mol. The monoisotopic (exact) mass is 580 g/mol. The van der Waals surface area contributed by atoms with Gasteiger partial charge in [0.15, 0.2) is 5.82 Å². The smallest absolute Gasteiger partial charge is 0.319 e. The molecule has 1 aromatic heterocycles. The van der Waals surface area contributed by atoms with Crippen LogP contribution in [0, 0.1) is 17.8 Å². The number of halogens is 1. The van der Waals surface area contributed by atoms with Crippen molar-refractivity contribution in [1.82, 2.24) is 19.8 Å². The third-order valence-electron chi connectivity index (χ3n) is 10.0. The normalized spacial score (nSPS) is 22.5. The van der Waals surface area contributed by atoms with Crippen molar-refractivity contribution in [1.29, 1.82) is 0 Å². The van der Waals surface area contributed by atoms with Gasteiger partial charge >= 0.3 is 6.01 Å².